The Morgan fingerprint density at radius 2 is 1.80 bits per heavy atom. The van der Waals surface area contributed by atoms with Gasteiger partial charge in [-0.3, -0.25) is 19.3 Å². The van der Waals surface area contributed by atoms with Crippen molar-refractivity contribution in [2.24, 2.45) is 11.8 Å². The van der Waals surface area contributed by atoms with Gasteiger partial charge in [0.15, 0.2) is 0 Å². The van der Waals surface area contributed by atoms with E-state index in [2.05, 4.69) is 16.0 Å². The van der Waals surface area contributed by atoms with Crippen LogP contribution in [0, 0.1) is 23.5 Å². The first-order valence-electron chi connectivity index (χ1n) is 19.0. The molecule has 3 aromatic rings. The Labute approximate surface area is 323 Å². The van der Waals surface area contributed by atoms with Crippen LogP contribution in [0.1, 0.15) is 43.6 Å². The van der Waals surface area contributed by atoms with Crippen molar-refractivity contribution in [2.45, 2.75) is 51.0 Å². The van der Waals surface area contributed by atoms with E-state index >= 15 is 8.78 Å². The first-order chi connectivity index (χ1) is 27.1. The summed E-state index contributed by atoms with van der Waals surface area (Å²) in [6.07, 6.45) is 4.02. The quantitative estimate of drug-likeness (QED) is 0.139. The van der Waals surface area contributed by atoms with Gasteiger partial charge in [0.1, 0.15) is 23.6 Å². The molecule has 0 saturated carbocycles. The fraction of sp³-hybridized carbons (Fsp3) is 0.475. The van der Waals surface area contributed by atoms with Crippen molar-refractivity contribution in [1.82, 2.24) is 35.3 Å². The lowest BCUT2D eigenvalue weighted by Gasteiger charge is -2.40. The first kappa shape index (κ1) is 40.6. The Kier molecular flexibility index (Phi) is 13.9. The number of rotatable bonds is 17. The van der Waals surface area contributed by atoms with E-state index in [1.54, 1.807) is 18.0 Å². The third-order valence-electron chi connectivity index (χ3n) is 10.3. The summed E-state index contributed by atoms with van der Waals surface area (Å²) in [6.45, 7) is 3.83. The molecule has 300 valence electrons. The standard InChI is InChI=1S/C40H48F3N7O6/c1-26(20-45-35(51)13-17-56-18-14-49-36(52)9-10-37(49)53)46-40(54)50(24-29-21-44-22-33(29)43)38(28-11-15-55-16-12-28)39-47-34(31-19-30(41)7-8-32(31)42)25-48(39)23-27-5-3-2-4-6-27/h2-10,19,25-26,28-29,33,38,44H,11-18,20-24H2,1H3,(H,45,51)(H,46,54)/t26?,29-,33-,38+/m0/s1. The Bertz CT molecular complexity index is 1850. The smallest absolute Gasteiger partial charge is 0.318 e. The zero-order valence-electron chi connectivity index (χ0n) is 31.3. The highest BCUT2D eigenvalue weighted by Crippen LogP contribution is 2.38. The molecule has 0 radical (unpaired) electrons. The van der Waals surface area contributed by atoms with Gasteiger partial charge in [-0.1, -0.05) is 30.3 Å². The normalized spacial score (nSPS) is 19.7. The van der Waals surface area contributed by atoms with Crippen molar-refractivity contribution >= 4 is 23.8 Å². The van der Waals surface area contributed by atoms with Gasteiger partial charge in [-0.2, -0.15) is 0 Å². The van der Waals surface area contributed by atoms with Crippen LogP contribution in [-0.4, -0.2) is 114 Å². The van der Waals surface area contributed by atoms with Crippen LogP contribution >= 0.6 is 0 Å². The number of imidazole rings is 1. The number of hydrogen-bond donors (Lipinski definition) is 3. The number of ether oxygens (including phenoxy) is 2. The number of carbonyl (C=O) groups excluding carboxylic acids is 4. The third kappa shape index (κ3) is 10.4. The predicted molar refractivity (Wildman–Crippen MR) is 200 cm³/mol. The van der Waals surface area contributed by atoms with Gasteiger partial charge in [0.25, 0.3) is 11.8 Å². The number of imide groups is 1. The van der Waals surface area contributed by atoms with E-state index in [-0.39, 0.29) is 68.9 Å². The van der Waals surface area contributed by atoms with E-state index in [9.17, 15) is 23.6 Å². The van der Waals surface area contributed by atoms with Crippen molar-refractivity contribution in [3.05, 3.63) is 89.9 Å². The zero-order chi connectivity index (χ0) is 39.6. The highest BCUT2D eigenvalue weighted by molar-refractivity contribution is 6.12. The summed E-state index contributed by atoms with van der Waals surface area (Å²) >= 11 is 0. The summed E-state index contributed by atoms with van der Waals surface area (Å²) in [5, 5.41) is 8.87. The lowest BCUT2D eigenvalue weighted by Crippen LogP contribution is -2.52. The monoisotopic (exact) mass is 779 g/mol. The molecule has 13 nitrogen and oxygen atoms in total. The average Bonchev–Trinajstić information content (AvgIpc) is 3.89. The molecule has 3 aliphatic heterocycles. The molecule has 2 saturated heterocycles. The molecular formula is C40H48F3N7O6. The van der Waals surface area contributed by atoms with Crippen molar-refractivity contribution in [1.29, 1.82) is 0 Å². The van der Waals surface area contributed by atoms with Crippen LogP contribution in [0.4, 0.5) is 18.0 Å². The number of hydrogen-bond acceptors (Lipinski definition) is 8. The minimum atomic E-state index is -1.20. The molecule has 4 atom stereocenters. The molecule has 5 amide bonds. The summed E-state index contributed by atoms with van der Waals surface area (Å²) in [5.74, 6) is -2.64. The molecule has 1 aromatic heterocycles. The van der Waals surface area contributed by atoms with E-state index in [0.29, 0.717) is 45.0 Å². The lowest BCUT2D eigenvalue weighted by molar-refractivity contribution is -0.138. The van der Waals surface area contributed by atoms with Gasteiger partial charge < -0.3 is 34.9 Å². The molecule has 3 aliphatic rings. The van der Waals surface area contributed by atoms with Gasteiger partial charge in [0.05, 0.1) is 31.5 Å². The van der Waals surface area contributed by atoms with Gasteiger partial charge in [0.2, 0.25) is 5.91 Å². The molecule has 2 fully saturated rings. The summed E-state index contributed by atoms with van der Waals surface area (Å²) in [7, 11) is 0. The highest BCUT2D eigenvalue weighted by Gasteiger charge is 2.40. The van der Waals surface area contributed by atoms with Crippen LogP contribution in [-0.2, 0) is 30.4 Å². The van der Waals surface area contributed by atoms with Gasteiger partial charge in [-0.25, -0.2) is 22.9 Å². The largest absolute Gasteiger partial charge is 0.381 e. The van der Waals surface area contributed by atoms with Crippen LogP contribution in [0.5, 0.6) is 0 Å². The fourth-order valence-corrected chi connectivity index (χ4v) is 7.26. The Hall–Kier alpha value is -5.06. The molecule has 16 heteroatoms. The molecule has 2 aromatic carbocycles. The maximum Gasteiger partial charge on any atom is 0.318 e. The number of nitrogens with one attached hydrogen (secondary N) is 3. The van der Waals surface area contributed by atoms with Crippen LogP contribution in [0.25, 0.3) is 11.3 Å². The van der Waals surface area contributed by atoms with E-state index in [1.165, 1.54) is 12.2 Å². The molecular weight excluding hydrogens is 731 g/mol. The molecule has 4 heterocycles. The minimum absolute atomic E-state index is 0.0175. The molecule has 0 spiro atoms. The van der Waals surface area contributed by atoms with Crippen LogP contribution in [0.3, 0.4) is 0 Å². The van der Waals surface area contributed by atoms with Crippen LogP contribution < -0.4 is 16.0 Å². The second kappa shape index (κ2) is 19.2. The molecule has 0 aliphatic carbocycles. The first-order valence-corrected chi connectivity index (χ1v) is 19.0. The lowest BCUT2D eigenvalue weighted by atomic mass is 9.89. The molecule has 56 heavy (non-hydrogen) atoms. The van der Waals surface area contributed by atoms with Crippen molar-refractivity contribution < 1.29 is 41.8 Å². The SMILES string of the molecule is CC(CNC(=O)CCOCCN1C(=O)C=CC1=O)NC(=O)N(C[C@@H]1CNC[C@@H]1F)[C@@H](c1nc(-c2cc(F)ccc2F)cn1Cc1ccccc1)C1CCOCC1. The van der Waals surface area contributed by atoms with Gasteiger partial charge in [-0.05, 0) is 49.4 Å². The molecule has 6 rings (SSSR count). The highest BCUT2D eigenvalue weighted by atomic mass is 19.1. The number of aromatic nitrogens is 2. The van der Waals surface area contributed by atoms with Crippen LogP contribution in [0.15, 0.2) is 66.9 Å². The zero-order valence-corrected chi connectivity index (χ0v) is 31.3. The summed E-state index contributed by atoms with van der Waals surface area (Å²) in [6, 6.07) is 11.0. The number of alkyl halides is 1. The van der Waals surface area contributed by atoms with Gasteiger partial charge in [0, 0.05) is 88.2 Å². The number of amides is 5. The molecule has 1 unspecified atom stereocenters. The predicted octanol–water partition coefficient (Wildman–Crippen LogP) is 3.75. The Morgan fingerprint density at radius 3 is 2.52 bits per heavy atom. The van der Waals surface area contributed by atoms with Crippen molar-refractivity contribution in [3.8, 4) is 11.3 Å². The Morgan fingerprint density at radius 1 is 1.05 bits per heavy atom. The maximum absolute atomic E-state index is 15.3. The van der Waals surface area contributed by atoms with E-state index in [1.807, 2.05) is 34.9 Å². The van der Waals surface area contributed by atoms with Crippen molar-refractivity contribution in [3.63, 3.8) is 0 Å². The van der Waals surface area contributed by atoms with E-state index < -0.39 is 53.7 Å². The van der Waals surface area contributed by atoms with E-state index in [4.69, 9.17) is 14.5 Å². The van der Waals surface area contributed by atoms with Gasteiger partial charge >= 0.3 is 6.03 Å². The van der Waals surface area contributed by atoms with E-state index in [0.717, 1.165) is 28.7 Å². The molecule has 0 bridgehead atoms. The second-order valence-corrected chi connectivity index (χ2v) is 14.4. The second-order valence-electron chi connectivity index (χ2n) is 14.4. The molecule has 3 N–H and O–H groups in total. The average molecular weight is 780 g/mol. The summed E-state index contributed by atoms with van der Waals surface area (Å²) in [5.41, 5.74) is 1.10. The summed E-state index contributed by atoms with van der Waals surface area (Å²) in [4.78, 5) is 58.1. The Balaban J connectivity index is 1.21. The van der Waals surface area contributed by atoms with Crippen LogP contribution in [0.2, 0.25) is 0 Å². The number of carbonyl (C=O) groups is 4. The number of benzene rings is 2. The minimum Gasteiger partial charge on any atom is -0.381 e. The van der Waals surface area contributed by atoms with Gasteiger partial charge in [-0.15, -0.1) is 0 Å². The maximum atomic E-state index is 15.3. The summed E-state index contributed by atoms with van der Waals surface area (Å²) < 4.78 is 58.0. The number of urea groups is 1. The van der Waals surface area contributed by atoms with Crippen molar-refractivity contribution in [2.75, 3.05) is 59.2 Å². The number of halogens is 3. The number of nitrogens with zero attached hydrogens (tertiary/aromatic N) is 4. The fourth-order valence-electron chi connectivity index (χ4n) is 7.26. The third-order valence-corrected chi connectivity index (χ3v) is 10.3. The topological polar surface area (TPSA) is 147 Å².